The van der Waals surface area contributed by atoms with E-state index in [1.807, 2.05) is 0 Å². The maximum absolute atomic E-state index is 2.73. The molecule has 13 rings (SSSR count). The van der Waals surface area contributed by atoms with Crippen LogP contribution in [0.3, 0.4) is 0 Å². The molecule has 64 heavy (non-hydrogen) atoms. The standard InChI is InChI=1S/C60H42P4/c1-39-23-27-41(28-24-39)43-31-33-49-53(35-43)61(45-15-7-3-8-16-45)59-51-37-56-52(38-55(51)63(57(49)59)47-19-11-5-12-20-47)60-58(64(56)48-21-13-6-14-22-48)50-34-32-44(42-29-25-40(2)26-30-42)36-54(50)62(60)46-17-9-4-10-18-46/h3-38H,1-2H3. The van der Waals surface area contributed by atoms with Gasteiger partial charge < -0.3 is 0 Å². The predicted octanol–water partition coefficient (Wildman–Crippen LogP) is 20.5. The lowest BCUT2D eigenvalue weighted by atomic mass is 10.0. The number of aryl methyl sites for hydroxylation is 2. The van der Waals surface area contributed by atoms with Crippen molar-refractivity contribution in [3.63, 3.8) is 0 Å². The molecule has 0 N–H and O–H groups in total. The van der Waals surface area contributed by atoms with Crippen LogP contribution in [0.5, 0.6) is 0 Å². The fourth-order valence-electron chi connectivity index (χ4n) is 10.3. The highest BCUT2D eigenvalue weighted by Crippen LogP contribution is 2.71. The van der Waals surface area contributed by atoms with Crippen molar-refractivity contribution in [1.82, 2.24) is 0 Å². The number of hydrogen-bond acceptors (Lipinski definition) is 0. The Balaban J connectivity index is 1.22. The molecule has 4 unspecified atom stereocenters. The molecule has 0 aliphatic carbocycles. The fraction of sp³-hybridized carbons (Fsp3) is 0.0333. The molecule has 302 valence electrons. The van der Waals surface area contributed by atoms with Gasteiger partial charge in [0.15, 0.2) is 0 Å². The summed E-state index contributed by atoms with van der Waals surface area (Å²) in [6, 6.07) is 84.3. The van der Waals surface area contributed by atoms with Crippen molar-refractivity contribution in [3.8, 4) is 43.5 Å². The van der Waals surface area contributed by atoms with Gasteiger partial charge in [-0.3, -0.25) is 0 Å². The van der Waals surface area contributed by atoms with Crippen LogP contribution in [0.15, 0.2) is 218 Å². The smallest absolute Gasteiger partial charge is 0.0194 e. The summed E-state index contributed by atoms with van der Waals surface area (Å²) in [5.74, 6) is 0. The van der Waals surface area contributed by atoms with Crippen LogP contribution in [-0.4, -0.2) is 0 Å². The number of rotatable bonds is 6. The number of hydrogen-bond donors (Lipinski definition) is 0. The number of fused-ring (bicyclic) bond motifs is 10. The minimum absolute atomic E-state index is 0.822. The molecule has 0 aliphatic heterocycles. The van der Waals surface area contributed by atoms with E-state index in [1.165, 1.54) is 96.6 Å². The van der Waals surface area contributed by atoms with E-state index in [2.05, 4.69) is 232 Å². The highest BCUT2D eigenvalue weighted by Gasteiger charge is 2.28. The molecule has 4 heteroatoms. The molecule has 0 aliphatic rings. The zero-order valence-corrected chi connectivity index (χ0v) is 39.2. The van der Waals surface area contributed by atoms with E-state index >= 15 is 0 Å². The molecule has 4 aromatic heterocycles. The quantitative estimate of drug-likeness (QED) is 0.156. The molecular weight excluding hydrogens is 845 g/mol. The molecular formula is C60H42P4. The zero-order valence-electron chi connectivity index (χ0n) is 35.6. The summed E-state index contributed by atoms with van der Waals surface area (Å²) in [5.41, 5.74) is 7.74. The Morgan fingerprint density at radius 1 is 0.234 bits per heavy atom. The van der Waals surface area contributed by atoms with Gasteiger partial charge in [-0.05, 0) is 103 Å². The Hall–Kier alpha value is -6.34. The minimum Gasteiger partial charge on any atom is -0.0762 e. The van der Waals surface area contributed by atoms with Crippen molar-refractivity contribution in [1.29, 1.82) is 0 Å². The van der Waals surface area contributed by atoms with E-state index in [-0.39, 0.29) is 0 Å². The second-order valence-corrected chi connectivity index (χ2v) is 25.6. The Labute approximate surface area is 377 Å². The van der Waals surface area contributed by atoms with Gasteiger partial charge in [-0.2, -0.15) is 0 Å². The first-order valence-corrected chi connectivity index (χ1v) is 27.5. The van der Waals surface area contributed by atoms with Crippen LogP contribution < -0.4 is 0 Å². The Morgan fingerprint density at radius 3 is 0.812 bits per heavy atom. The van der Waals surface area contributed by atoms with Gasteiger partial charge in [-0.15, -0.1) is 0 Å². The van der Waals surface area contributed by atoms with Gasteiger partial charge in [0.1, 0.15) is 0 Å². The first kappa shape index (κ1) is 38.1. The molecule has 9 aromatic carbocycles. The second kappa shape index (κ2) is 15.1. The zero-order chi connectivity index (χ0) is 42.5. The topological polar surface area (TPSA) is 0 Å². The molecule has 0 amide bonds. The third-order valence-corrected chi connectivity index (χ3v) is 23.9. The van der Waals surface area contributed by atoms with Gasteiger partial charge in [0.2, 0.25) is 0 Å². The first-order chi connectivity index (χ1) is 31.6. The maximum Gasteiger partial charge on any atom is 0.0194 e. The van der Waals surface area contributed by atoms with Crippen LogP contribution in [0.1, 0.15) is 11.1 Å². The summed E-state index contributed by atoms with van der Waals surface area (Å²) in [6.07, 6.45) is 0. The van der Waals surface area contributed by atoms with E-state index in [1.54, 1.807) is 20.5 Å². The number of benzene rings is 9. The van der Waals surface area contributed by atoms with E-state index in [0.29, 0.717) is 0 Å². The van der Waals surface area contributed by atoms with Crippen LogP contribution in [0.4, 0.5) is 0 Å². The van der Waals surface area contributed by atoms with Gasteiger partial charge in [0, 0.05) is 40.9 Å². The molecule has 0 fully saturated rings. The molecule has 0 saturated carbocycles. The van der Waals surface area contributed by atoms with Crippen molar-refractivity contribution in [2.75, 3.05) is 0 Å². The van der Waals surface area contributed by atoms with Crippen molar-refractivity contribution in [2.45, 2.75) is 13.8 Å². The summed E-state index contributed by atoms with van der Waals surface area (Å²) in [6.45, 7) is 4.35. The van der Waals surface area contributed by atoms with Crippen LogP contribution in [0.25, 0.3) is 106 Å². The minimum atomic E-state index is -0.839. The molecule has 0 radical (unpaired) electrons. The summed E-state index contributed by atoms with van der Waals surface area (Å²) in [5, 5.41) is 23.9. The van der Waals surface area contributed by atoms with Crippen molar-refractivity contribution < 1.29 is 0 Å². The normalized spacial score (nSPS) is 13.0. The van der Waals surface area contributed by atoms with Gasteiger partial charge in [-0.25, -0.2) is 0 Å². The van der Waals surface area contributed by atoms with Crippen LogP contribution >= 0.6 is 30.1 Å². The summed E-state index contributed by atoms with van der Waals surface area (Å²) < 4.78 is 0. The van der Waals surface area contributed by atoms with Gasteiger partial charge >= 0.3 is 0 Å². The van der Waals surface area contributed by atoms with E-state index in [9.17, 15) is 0 Å². The van der Waals surface area contributed by atoms with Crippen LogP contribution in [0.2, 0.25) is 0 Å². The lowest BCUT2D eigenvalue weighted by molar-refractivity contribution is 1.47. The molecule has 0 saturated heterocycles. The summed E-state index contributed by atoms with van der Waals surface area (Å²) >= 11 is 0. The molecule has 0 bridgehead atoms. The fourth-order valence-corrected chi connectivity index (χ4v) is 22.6. The molecule has 4 heterocycles. The van der Waals surface area contributed by atoms with E-state index in [4.69, 9.17) is 0 Å². The van der Waals surface area contributed by atoms with Crippen LogP contribution in [-0.2, 0) is 0 Å². The van der Waals surface area contributed by atoms with Gasteiger partial charge in [-0.1, -0.05) is 235 Å². The largest absolute Gasteiger partial charge is 0.0762 e. The SMILES string of the molecule is Cc1ccc(-c2ccc3c(c2)p(-c2ccccc2)c2c4cc5c(cc4p(-c4ccccc4)c32)c2c(c3ccc(-c4ccc(C)cc4)cc3p2-c2ccccc2)p5-c2ccccc2)cc1. The third kappa shape index (κ3) is 5.92. The Bertz CT molecular complexity index is 3640. The average Bonchev–Trinajstić information content (AvgIpc) is 4.06. The molecule has 0 nitrogen and oxygen atoms in total. The van der Waals surface area contributed by atoms with Crippen LogP contribution in [0, 0.1) is 13.8 Å². The van der Waals surface area contributed by atoms with Gasteiger partial charge in [0.25, 0.3) is 0 Å². The average molecular weight is 887 g/mol. The lowest BCUT2D eigenvalue weighted by Crippen LogP contribution is -1.78. The third-order valence-electron chi connectivity index (χ3n) is 13.3. The second-order valence-electron chi connectivity index (χ2n) is 17.2. The summed E-state index contributed by atoms with van der Waals surface area (Å²) in [7, 11) is -3.32. The predicted molar refractivity (Wildman–Crippen MR) is 288 cm³/mol. The molecule has 0 spiro atoms. The Kier molecular flexibility index (Phi) is 9.03. The molecule has 4 atom stereocenters. The first-order valence-electron chi connectivity index (χ1n) is 22.1. The molecule has 13 aromatic rings. The lowest BCUT2D eigenvalue weighted by Gasteiger charge is -2.10. The van der Waals surface area contributed by atoms with Crippen molar-refractivity contribution >= 4 is 92.6 Å². The monoisotopic (exact) mass is 886 g/mol. The van der Waals surface area contributed by atoms with Gasteiger partial charge in [0.05, 0.1) is 0 Å². The highest BCUT2D eigenvalue weighted by molar-refractivity contribution is 7.76. The summed E-state index contributed by atoms with van der Waals surface area (Å²) in [4.78, 5) is 0. The van der Waals surface area contributed by atoms with Crippen molar-refractivity contribution in [2.24, 2.45) is 0 Å². The highest BCUT2D eigenvalue weighted by atomic mass is 31.1. The van der Waals surface area contributed by atoms with Crippen molar-refractivity contribution in [3.05, 3.63) is 230 Å². The van der Waals surface area contributed by atoms with E-state index < -0.39 is 30.1 Å². The van der Waals surface area contributed by atoms with E-state index in [0.717, 1.165) is 0 Å². The Morgan fingerprint density at radius 2 is 0.500 bits per heavy atom. The maximum atomic E-state index is 2.73.